The molecule has 0 radical (unpaired) electrons. The average molecular weight is 313 g/mol. The number of hydrogen-bond donors (Lipinski definition) is 2. The molecular weight excluding hydrogens is 290 g/mol. The number of fused-ring (bicyclic) bond motifs is 1. The fourth-order valence-corrected chi connectivity index (χ4v) is 2.10. The Morgan fingerprint density at radius 3 is 2.43 bits per heavy atom. The summed E-state index contributed by atoms with van der Waals surface area (Å²) in [6.07, 6.45) is 6.42. The van der Waals surface area contributed by atoms with E-state index in [2.05, 4.69) is 32.3 Å². The van der Waals surface area contributed by atoms with Gasteiger partial charge in [-0.2, -0.15) is 5.10 Å². The minimum atomic E-state index is 0.319. The zero-order chi connectivity index (χ0) is 16.8. The van der Waals surface area contributed by atoms with Crippen molar-refractivity contribution in [1.82, 2.24) is 20.2 Å². The number of aromatic amines is 1. The lowest BCUT2D eigenvalue weighted by Crippen LogP contribution is -2.09. The minimum Gasteiger partial charge on any atom is -0.396 e. The average Bonchev–Trinajstić information content (AvgIpc) is 2.98. The van der Waals surface area contributed by atoms with Crippen molar-refractivity contribution in [3.05, 3.63) is 36.3 Å². The van der Waals surface area contributed by atoms with Crippen LogP contribution in [0.3, 0.4) is 0 Å². The Balaban J connectivity index is 0.000000433. The minimum absolute atomic E-state index is 0.319. The van der Waals surface area contributed by atoms with E-state index >= 15 is 0 Å². The van der Waals surface area contributed by atoms with E-state index in [1.807, 2.05) is 51.4 Å². The first-order valence-electron chi connectivity index (χ1n) is 7.61. The summed E-state index contributed by atoms with van der Waals surface area (Å²) in [5.74, 6) is 0.893. The molecule has 0 aliphatic heterocycles. The molecule has 6 heteroatoms. The summed E-state index contributed by atoms with van der Waals surface area (Å²) in [5.41, 5.74) is 4.05. The molecule has 0 fully saturated rings. The molecule has 2 N–H and O–H groups in total. The van der Waals surface area contributed by atoms with E-state index in [0.717, 1.165) is 40.0 Å². The summed E-state index contributed by atoms with van der Waals surface area (Å²) < 4.78 is 0. The van der Waals surface area contributed by atoms with Gasteiger partial charge in [0.15, 0.2) is 11.5 Å². The lowest BCUT2D eigenvalue weighted by atomic mass is 10.1. The number of aliphatic hydroxyl groups is 1. The molecule has 0 unspecified atom stereocenters. The number of aromatic nitrogens is 4. The fourth-order valence-electron chi connectivity index (χ4n) is 2.10. The molecule has 23 heavy (non-hydrogen) atoms. The number of pyridine rings is 2. The largest absolute Gasteiger partial charge is 0.396 e. The molecule has 0 aliphatic carbocycles. The van der Waals surface area contributed by atoms with E-state index in [4.69, 9.17) is 5.11 Å². The highest BCUT2D eigenvalue weighted by atomic mass is 16.2. The first kappa shape index (κ1) is 16.9. The number of anilines is 1. The number of rotatable bonds is 3. The molecule has 0 saturated carbocycles. The normalized spacial score (nSPS) is 10.3. The van der Waals surface area contributed by atoms with Gasteiger partial charge in [0.25, 0.3) is 0 Å². The maximum absolute atomic E-state index is 7.88. The van der Waals surface area contributed by atoms with Crippen LogP contribution >= 0.6 is 0 Å². The van der Waals surface area contributed by atoms with E-state index in [1.165, 1.54) is 0 Å². The molecule has 0 spiro atoms. The molecule has 0 amide bonds. The van der Waals surface area contributed by atoms with Gasteiger partial charge < -0.3 is 10.0 Å². The van der Waals surface area contributed by atoms with Crippen molar-refractivity contribution in [2.24, 2.45) is 0 Å². The number of nitrogens with zero attached hydrogens (tertiary/aromatic N) is 4. The molecule has 0 saturated heterocycles. The molecule has 3 heterocycles. The van der Waals surface area contributed by atoms with Gasteiger partial charge in [-0.05, 0) is 31.0 Å². The maximum atomic E-state index is 7.88. The van der Waals surface area contributed by atoms with Crippen LogP contribution in [0.1, 0.15) is 18.9 Å². The van der Waals surface area contributed by atoms with Crippen LogP contribution in [0.25, 0.3) is 22.2 Å². The summed E-state index contributed by atoms with van der Waals surface area (Å²) in [6.45, 7) is 4.28. The standard InChI is InChI=1S/C14H15N5.C3H8O/c1-9-4-10(7-15-6-9)11-5-12-13(16-8-11)17-18-14(12)19(2)3;1-2-3-4/h4-8H,1-3H3,(H,16,17,18);4H,2-3H2,1H3. The Hall–Kier alpha value is -2.47. The monoisotopic (exact) mass is 313 g/mol. The summed E-state index contributed by atoms with van der Waals surface area (Å²) in [5, 5.41) is 16.1. The first-order chi connectivity index (χ1) is 11.1. The third kappa shape index (κ3) is 4.04. The molecule has 122 valence electrons. The van der Waals surface area contributed by atoms with Crippen molar-refractivity contribution in [3.63, 3.8) is 0 Å². The van der Waals surface area contributed by atoms with Gasteiger partial charge in [0.05, 0.1) is 5.39 Å². The van der Waals surface area contributed by atoms with Crippen molar-refractivity contribution >= 4 is 16.9 Å². The van der Waals surface area contributed by atoms with Crippen LogP contribution in [0.15, 0.2) is 30.7 Å². The van der Waals surface area contributed by atoms with Crippen LogP contribution in [0.4, 0.5) is 5.82 Å². The second-order valence-corrected chi connectivity index (χ2v) is 5.54. The van der Waals surface area contributed by atoms with Gasteiger partial charge in [0, 0.05) is 50.4 Å². The quantitative estimate of drug-likeness (QED) is 0.777. The van der Waals surface area contributed by atoms with E-state index in [0.29, 0.717) is 6.61 Å². The Bertz CT molecular complexity index is 765. The first-order valence-corrected chi connectivity index (χ1v) is 7.61. The zero-order valence-electron chi connectivity index (χ0n) is 14.0. The third-order valence-corrected chi connectivity index (χ3v) is 3.25. The predicted octanol–water partition coefficient (Wildman–Crippen LogP) is 2.78. The van der Waals surface area contributed by atoms with Gasteiger partial charge in [0.2, 0.25) is 0 Å². The van der Waals surface area contributed by atoms with Crippen LogP contribution in [0.2, 0.25) is 0 Å². The number of aryl methyl sites for hydroxylation is 1. The van der Waals surface area contributed by atoms with Gasteiger partial charge >= 0.3 is 0 Å². The van der Waals surface area contributed by atoms with Crippen LogP contribution in [-0.4, -0.2) is 46.0 Å². The van der Waals surface area contributed by atoms with Crippen molar-refractivity contribution in [3.8, 4) is 11.1 Å². The number of H-pyrrole nitrogens is 1. The van der Waals surface area contributed by atoms with E-state index in [-0.39, 0.29) is 0 Å². The van der Waals surface area contributed by atoms with Crippen molar-refractivity contribution < 1.29 is 5.11 Å². The van der Waals surface area contributed by atoms with E-state index in [1.54, 1.807) is 0 Å². The van der Waals surface area contributed by atoms with Gasteiger partial charge in [-0.25, -0.2) is 4.98 Å². The Labute approximate surface area is 136 Å². The maximum Gasteiger partial charge on any atom is 0.159 e. The van der Waals surface area contributed by atoms with Crippen LogP contribution < -0.4 is 4.90 Å². The molecule has 6 nitrogen and oxygen atoms in total. The second-order valence-electron chi connectivity index (χ2n) is 5.54. The lowest BCUT2D eigenvalue weighted by Gasteiger charge is -2.08. The van der Waals surface area contributed by atoms with Crippen LogP contribution in [0.5, 0.6) is 0 Å². The Morgan fingerprint density at radius 2 is 1.83 bits per heavy atom. The van der Waals surface area contributed by atoms with Crippen LogP contribution in [-0.2, 0) is 0 Å². The molecule has 3 aromatic heterocycles. The van der Waals surface area contributed by atoms with Crippen molar-refractivity contribution in [2.45, 2.75) is 20.3 Å². The van der Waals surface area contributed by atoms with E-state index < -0.39 is 0 Å². The third-order valence-electron chi connectivity index (χ3n) is 3.25. The van der Waals surface area contributed by atoms with Crippen LogP contribution in [0, 0.1) is 6.92 Å². The van der Waals surface area contributed by atoms with Gasteiger partial charge in [0.1, 0.15) is 0 Å². The molecule has 0 aromatic carbocycles. The summed E-state index contributed by atoms with van der Waals surface area (Å²) >= 11 is 0. The summed E-state index contributed by atoms with van der Waals surface area (Å²) in [6, 6.07) is 4.20. The van der Waals surface area contributed by atoms with Gasteiger partial charge in [-0.1, -0.05) is 6.92 Å². The lowest BCUT2D eigenvalue weighted by molar-refractivity contribution is 0.295. The molecule has 3 rings (SSSR count). The van der Waals surface area contributed by atoms with Crippen molar-refractivity contribution in [2.75, 3.05) is 25.6 Å². The Kier molecular flexibility index (Phi) is 5.65. The molecule has 0 aliphatic rings. The second kappa shape index (κ2) is 7.69. The topological polar surface area (TPSA) is 77.9 Å². The molecule has 0 atom stereocenters. The zero-order valence-corrected chi connectivity index (χ0v) is 14.0. The highest BCUT2D eigenvalue weighted by molar-refractivity contribution is 5.90. The summed E-state index contributed by atoms with van der Waals surface area (Å²) in [7, 11) is 3.94. The molecular formula is C17H23N5O. The van der Waals surface area contributed by atoms with E-state index in [9.17, 15) is 0 Å². The molecule has 0 bridgehead atoms. The molecule has 3 aromatic rings. The highest BCUT2D eigenvalue weighted by Gasteiger charge is 2.10. The number of aliphatic hydroxyl groups excluding tert-OH is 1. The SMILES string of the molecule is CCCO.Cc1cncc(-c2cnc3[nH]nc(N(C)C)c3c2)c1. The number of hydrogen-bond acceptors (Lipinski definition) is 5. The smallest absolute Gasteiger partial charge is 0.159 e. The Morgan fingerprint density at radius 1 is 1.13 bits per heavy atom. The van der Waals surface area contributed by atoms with Gasteiger partial charge in [-0.15, -0.1) is 0 Å². The predicted molar refractivity (Wildman–Crippen MR) is 93.6 cm³/mol. The van der Waals surface area contributed by atoms with Gasteiger partial charge in [-0.3, -0.25) is 10.1 Å². The highest BCUT2D eigenvalue weighted by Crippen LogP contribution is 2.26. The van der Waals surface area contributed by atoms with Crippen molar-refractivity contribution in [1.29, 1.82) is 0 Å². The summed E-state index contributed by atoms with van der Waals surface area (Å²) in [4.78, 5) is 10.6. The fraction of sp³-hybridized carbons (Fsp3) is 0.353. The number of nitrogens with one attached hydrogen (secondary N) is 1.